The Hall–Kier alpha value is 0.270. The summed E-state index contributed by atoms with van der Waals surface area (Å²) in [6.07, 6.45) is 0. The third-order valence-electron chi connectivity index (χ3n) is 0.676. The molecular weight excluding hydrogens is 96.1 g/mol. The van der Waals surface area contributed by atoms with Gasteiger partial charge in [-0.25, -0.2) is 0 Å². The average Bonchev–Trinajstić information content (AvgIpc) is 1.86. The van der Waals surface area contributed by atoms with Crippen molar-refractivity contribution in [1.82, 2.24) is 10.0 Å². The second-order valence-corrected chi connectivity index (χ2v) is 2.42. The number of rotatable bonds is 0. The zero-order valence-electron chi connectivity index (χ0n) is 3.64. The predicted molar refractivity (Wildman–Crippen MR) is 27.2 cm³/mol. The predicted octanol–water partition coefficient (Wildman–Crippen LogP) is 0.146. The first-order valence-electron chi connectivity index (χ1n) is 1.95. The van der Waals surface area contributed by atoms with Gasteiger partial charge in [0.15, 0.2) is 0 Å². The van der Waals surface area contributed by atoms with Gasteiger partial charge in [0.05, 0.1) is 12.0 Å². The molecule has 1 heterocycles. The van der Waals surface area contributed by atoms with Crippen LogP contribution in [-0.4, -0.2) is 12.0 Å². The lowest BCUT2D eigenvalue weighted by atomic mass is 10.7. The minimum atomic E-state index is 0.546. The number of hydrogen-bond donors (Lipinski definition) is 1. The lowest BCUT2D eigenvalue weighted by Gasteiger charge is -1.91. The summed E-state index contributed by atoms with van der Waals surface area (Å²) in [7, 11) is 0. The van der Waals surface area contributed by atoms with Crippen LogP contribution >= 0.6 is 11.9 Å². The van der Waals surface area contributed by atoms with E-state index >= 15 is 0 Å². The molecule has 1 aliphatic heterocycles. The maximum Gasteiger partial charge on any atom is 0.0757 e. The Balaban J connectivity index is 2.18. The van der Waals surface area contributed by atoms with E-state index in [0.717, 1.165) is 6.67 Å². The molecule has 0 bridgehead atoms. The zero-order valence-corrected chi connectivity index (χ0v) is 4.46. The van der Waals surface area contributed by atoms with E-state index in [-0.39, 0.29) is 0 Å². The minimum Gasteiger partial charge on any atom is -0.290 e. The molecule has 2 nitrogen and oxygen atoms in total. The second-order valence-electron chi connectivity index (χ2n) is 1.24. The SMILES string of the molecule is CC1NC[N]S1. The largest absolute Gasteiger partial charge is 0.290 e. The molecule has 0 aromatic rings. The fraction of sp³-hybridized carbons (Fsp3) is 1.00. The third-order valence-corrected chi connectivity index (χ3v) is 1.44. The van der Waals surface area contributed by atoms with Gasteiger partial charge in [0, 0.05) is 0 Å². The van der Waals surface area contributed by atoms with Crippen LogP contribution in [0, 0.1) is 0 Å². The molecule has 1 fully saturated rings. The molecule has 0 aromatic carbocycles. The van der Waals surface area contributed by atoms with Crippen LogP contribution in [0.3, 0.4) is 0 Å². The van der Waals surface area contributed by atoms with Crippen LogP contribution in [0.2, 0.25) is 0 Å². The fourth-order valence-corrected chi connectivity index (χ4v) is 0.874. The maximum atomic E-state index is 3.97. The van der Waals surface area contributed by atoms with Crippen LogP contribution in [0.15, 0.2) is 0 Å². The van der Waals surface area contributed by atoms with Crippen molar-refractivity contribution in [2.45, 2.75) is 12.3 Å². The van der Waals surface area contributed by atoms with Crippen molar-refractivity contribution in [2.75, 3.05) is 6.67 Å². The van der Waals surface area contributed by atoms with Crippen LogP contribution in [0.4, 0.5) is 0 Å². The van der Waals surface area contributed by atoms with Crippen molar-refractivity contribution in [2.24, 2.45) is 0 Å². The summed E-state index contributed by atoms with van der Waals surface area (Å²) in [5.74, 6) is 0. The fourth-order valence-electron chi connectivity index (χ4n) is 0.352. The Morgan fingerprint density at radius 1 is 2.00 bits per heavy atom. The van der Waals surface area contributed by atoms with Crippen molar-refractivity contribution in [1.29, 1.82) is 0 Å². The Labute approximate surface area is 41.8 Å². The van der Waals surface area contributed by atoms with E-state index in [1.165, 1.54) is 0 Å². The molecule has 3 heteroatoms. The highest BCUT2D eigenvalue weighted by atomic mass is 32.2. The van der Waals surface area contributed by atoms with Crippen molar-refractivity contribution in [3.63, 3.8) is 0 Å². The Morgan fingerprint density at radius 2 is 2.83 bits per heavy atom. The number of nitrogens with zero attached hydrogens (tertiary/aromatic N) is 1. The number of nitrogens with one attached hydrogen (secondary N) is 1. The minimum absolute atomic E-state index is 0.546. The average molecular weight is 103 g/mol. The topological polar surface area (TPSA) is 26.1 Å². The van der Waals surface area contributed by atoms with E-state index in [1.54, 1.807) is 11.9 Å². The highest BCUT2D eigenvalue weighted by Gasteiger charge is 2.07. The molecule has 1 unspecified atom stereocenters. The summed E-state index contributed by atoms with van der Waals surface area (Å²) in [5.41, 5.74) is 0. The summed E-state index contributed by atoms with van der Waals surface area (Å²) in [4.78, 5) is 0. The third kappa shape index (κ3) is 0.864. The highest BCUT2D eigenvalue weighted by Crippen LogP contribution is 2.07. The molecule has 1 rings (SSSR count). The molecule has 6 heavy (non-hydrogen) atoms. The monoisotopic (exact) mass is 103 g/mol. The Kier molecular flexibility index (Phi) is 1.34. The summed E-state index contributed by atoms with van der Waals surface area (Å²) in [5, 5.41) is 3.66. The van der Waals surface area contributed by atoms with Crippen molar-refractivity contribution in [3.05, 3.63) is 0 Å². The quantitative estimate of drug-likeness (QED) is 0.441. The molecule has 0 aromatic heterocycles. The molecule has 1 aliphatic rings. The molecule has 1 atom stereocenters. The van der Waals surface area contributed by atoms with Crippen molar-refractivity contribution >= 4 is 11.9 Å². The van der Waals surface area contributed by atoms with Gasteiger partial charge >= 0.3 is 0 Å². The molecule has 35 valence electrons. The summed E-state index contributed by atoms with van der Waals surface area (Å²) in [6, 6.07) is 0. The van der Waals surface area contributed by atoms with Gasteiger partial charge in [0.1, 0.15) is 0 Å². The smallest absolute Gasteiger partial charge is 0.0757 e. The van der Waals surface area contributed by atoms with Crippen molar-refractivity contribution < 1.29 is 0 Å². The van der Waals surface area contributed by atoms with E-state index in [9.17, 15) is 0 Å². The molecule has 1 saturated heterocycles. The molecule has 0 amide bonds. The molecular formula is C3H7N2S. The van der Waals surface area contributed by atoms with Crippen molar-refractivity contribution in [3.8, 4) is 0 Å². The molecule has 1 radical (unpaired) electrons. The lowest BCUT2D eigenvalue weighted by Crippen LogP contribution is -2.15. The second kappa shape index (κ2) is 1.82. The van der Waals surface area contributed by atoms with Gasteiger partial charge in [-0.3, -0.25) is 5.32 Å². The van der Waals surface area contributed by atoms with E-state index in [0.29, 0.717) is 5.37 Å². The van der Waals surface area contributed by atoms with Crippen LogP contribution in [-0.2, 0) is 0 Å². The van der Waals surface area contributed by atoms with E-state index in [2.05, 4.69) is 17.0 Å². The molecule has 0 spiro atoms. The first-order valence-corrected chi connectivity index (χ1v) is 2.79. The zero-order chi connectivity index (χ0) is 4.41. The van der Waals surface area contributed by atoms with Gasteiger partial charge in [-0.1, -0.05) is 0 Å². The Bertz CT molecular complexity index is 42.1. The molecule has 1 N–H and O–H groups in total. The summed E-state index contributed by atoms with van der Waals surface area (Å²) in [6.45, 7) is 2.92. The van der Waals surface area contributed by atoms with Gasteiger partial charge in [-0.15, -0.1) is 0 Å². The van der Waals surface area contributed by atoms with Crippen LogP contribution in [0.1, 0.15) is 6.92 Å². The maximum absolute atomic E-state index is 3.97. The highest BCUT2D eigenvalue weighted by molar-refractivity contribution is 7.98. The summed E-state index contributed by atoms with van der Waals surface area (Å²) >= 11 is 1.61. The first-order chi connectivity index (χ1) is 2.89. The van der Waals surface area contributed by atoms with Gasteiger partial charge in [0.2, 0.25) is 0 Å². The van der Waals surface area contributed by atoms with E-state index in [1.807, 2.05) is 0 Å². The molecule has 0 aliphatic carbocycles. The van der Waals surface area contributed by atoms with Gasteiger partial charge in [0.25, 0.3) is 0 Å². The number of hydrogen-bond acceptors (Lipinski definition) is 2. The standard InChI is InChI=1S/C3H7N2S/c1-3-4-2-5-6-3/h3-4H,2H2,1H3. The van der Waals surface area contributed by atoms with Crippen LogP contribution in [0.25, 0.3) is 0 Å². The van der Waals surface area contributed by atoms with Gasteiger partial charge in [-0.2, -0.15) is 4.72 Å². The van der Waals surface area contributed by atoms with Crippen LogP contribution < -0.4 is 10.0 Å². The van der Waals surface area contributed by atoms with E-state index in [4.69, 9.17) is 0 Å². The normalized spacial score (nSPS) is 34.5. The van der Waals surface area contributed by atoms with E-state index < -0.39 is 0 Å². The van der Waals surface area contributed by atoms with Gasteiger partial charge < -0.3 is 0 Å². The Morgan fingerprint density at radius 3 is 3.00 bits per heavy atom. The van der Waals surface area contributed by atoms with Crippen LogP contribution in [0.5, 0.6) is 0 Å². The summed E-state index contributed by atoms with van der Waals surface area (Å²) < 4.78 is 3.97. The lowest BCUT2D eigenvalue weighted by molar-refractivity contribution is 0.723. The molecule has 0 saturated carbocycles. The first kappa shape index (κ1) is 4.43. The van der Waals surface area contributed by atoms with Gasteiger partial charge in [-0.05, 0) is 18.9 Å².